The molecule has 0 atom stereocenters. The van der Waals surface area contributed by atoms with Crippen LogP contribution < -0.4 is 20.1 Å². The lowest BCUT2D eigenvalue weighted by molar-refractivity contribution is -0.117. The first-order valence-electron chi connectivity index (χ1n) is 4.82. The van der Waals surface area contributed by atoms with Crippen molar-refractivity contribution in [2.45, 2.75) is 0 Å². The summed E-state index contributed by atoms with van der Waals surface area (Å²) in [7, 11) is 4.76. The first-order chi connectivity index (χ1) is 7.63. The van der Waals surface area contributed by atoms with Crippen molar-refractivity contribution in [1.29, 1.82) is 0 Å². The van der Waals surface area contributed by atoms with Crippen molar-refractivity contribution in [3.05, 3.63) is 18.2 Å². The van der Waals surface area contributed by atoms with Crippen LogP contribution in [0.4, 0.5) is 5.69 Å². The Hall–Kier alpha value is -1.75. The highest BCUT2D eigenvalue weighted by Gasteiger charge is 2.14. The number of carbonyl (C=O) groups excluding carboxylic acids is 1. The number of nitrogens with zero attached hydrogens (tertiary/aromatic N) is 1. The number of amides is 1. The number of methoxy groups -OCH3 is 2. The highest BCUT2D eigenvalue weighted by molar-refractivity contribution is 5.95. The van der Waals surface area contributed by atoms with Crippen molar-refractivity contribution in [2.24, 2.45) is 5.73 Å². The Morgan fingerprint density at radius 2 is 2.06 bits per heavy atom. The van der Waals surface area contributed by atoms with Gasteiger partial charge in [0.25, 0.3) is 0 Å². The van der Waals surface area contributed by atoms with Crippen LogP contribution in [-0.2, 0) is 4.79 Å². The molecular formula is C11H16N2O3. The second-order valence-electron chi connectivity index (χ2n) is 3.19. The molecule has 1 rings (SSSR count). The molecule has 0 unspecified atom stereocenters. The summed E-state index contributed by atoms with van der Waals surface area (Å²) in [6, 6.07) is 5.24. The van der Waals surface area contributed by atoms with E-state index in [1.165, 1.54) is 4.90 Å². The summed E-state index contributed by atoms with van der Waals surface area (Å²) in [5.74, 6) is 1.07. The molecule has 0 aliphatic rings. The second-order valence-corrected chi connectivity index (χ2v) is 3.19. The minimum atomic E-state index is -0.188. The third-order valence-corrected chi connectivity index (χ3v) is 2.30. The summed E-state index contributed by atoms with van der Waals surface area (Å²) in [5.41, 5.74) is 5.95. The molecule has 5 nitrogen and oxygen atoms in total. The molecule has 0 saturated heterocycles. The topological polar surface area (TPSA) is 64.8 Å². The van der Waals surface area contributed by atoms with Gasteiger partial charge in [0.2, 0.25) is 5.91 Å². The Balaban J connectivity index is 3.12. The molecule has 0 heterocycles. The predicted octanol–water partition coefficient (Wildman–Crippen LogP) is 0.625. The summed E-state index contributed by atoms with van der Waals surface area (Å²) < 4.78 is 10.3. The SMILES string of the molecule is COc1ccc(OC)c(N(C)C(=O)CN)c1. The molecule has 1 amide bonds. The molecule has 1 aromatic rings. The number of carbonyl (C=O) groups is 1. The third-order valence-electron chi connectivity index (χ3n) is 2.30. The zero-order valence-corrected chi connectivity index (χ0v) is 9.69. The largest absolute Gasteiger partial charge is 0.497 e. The molecule has 0 spiro atoms. The van der Waals surface area contributed by atoms with Crippen LogP contribution in [0.15, 0.2) is 18.2 Å². The number of ether oxygens (including phenoxy) is 2. The molecule has 0 aliphatic carbocycles. The number of benzene rings is 1. The average molecular weight is 224 g/mol. The van der Waals surface area contributed by atoms with Gasteiger partial charge < -0.3 is 20.1 Å². The van der Waals surface area contributed by atoms with E-state index in [1.54, 1.807) is 39.5 Å². The van der Waals surface area contributed by atoms with E-state index in [9.17, 15) is 4.79 Å². The molecule has 0 aromatic heterocycles. The van der Waals surface area contributed by atoms with Crippen LogP contribution in [0.3, 0.4) is 0 Å². The number of anilines is 1. The highest BCUT2D eigenvalue weighted by atomic mass is 16.5. The zero-order chi connectivity index (χ0) is 12.1. The number of rotatable bonds is 4. The van der Waals surface area contributed by atoms with Gasteiger partial charge in [0, 0.05) is 13.1 Å². The number of likely N-dealkylation sites (N-methyl/N-ethyl adjacent to an activating group) is 1. The van der Waals surface area contributed by atoms with E-state index in [4.69, 9.17) is 15.2 Å². The van der Waals surface area contributed by atoms with Crippen LogP contribution in [0.1, 0.15) is 0 Å². The first kappa shape index (κ1) is 12.3. The van der Waals surface area contributed by atoms with Gasteiger partial charge in [-0.15, -0.1) is 0 Å². The number of hydrogen-bond acceptors (Lipinski definition) is 4. The molecule has 88 valence electrons. The average Bonchev–Trinajstić information content (AvgIpc) is 2.35. The fourth-order valence-electron chi connectivity index (χ4n) is 1.33. The fourth-order valence-corrected chi connectivity index (χ4v) is 1.33. The molecule has 5 heteroatoms. The van der Waals surface area contributed by atoms with Gasteiger partial charge in [-0.2, -0.15) is 0 Å². The maximum absolute atomic E-state index is 11.5. The van der Waals surface area contributed by atoms with E-state index in [0.717, 1.165) is 0 Å². The molecule has 2 N–H and O–H groups in total. The summed E-state index contributed by atoms with van der Waals surface area (Å²) >= 11 is 0. The van der Waals surface area contributed by atoms with E-state index in [2.05, 4.69) is 0 Å². The van der Waals surface area contributed by atoms with Gasteiger partial charge in [0.1, 0.15) is 11.5 Å². The molecule has 0 bridgehead atoms. The highest BCUT2D eigenvalue weighted by Crippen LogP contribution is 2.31. The Bertz CT molecular complexity index is 379. The zero-order valence-electron chi connectivity index (χ0n) is 9.69. The monoisotopic (exact) mass is 224 g/mol. The van der Waals surface area contributed by atoms with Crippen LogP contribution in [0.25, 0.3) is 0 Å². The molecule has 0 radical (unpaired) electrons. The van der Waals surface area contributed by atoms with Gasteiger partial charge in [-0.1, -0.05) is 0 Å². The quantitative estimate of drug-likeness (QED) is 0.814. The van der Waals surface area contributed by atoms with Crippen molar-refractivity contribution in [2.75, 3.05) is 32.7 Å². The number of nitrogens with two attached hydrogens (primary N) is 1. The lowest BCUT2D eigenvalue weighted by Crippen LogP contribution is -2.32. The van der Waals surface area contributed by atoms with Gasteiger partial charge in [-0.3, -0.25) is 4.79 Å². The maximum Gasteiger partial charge on any atom is 0.240 e. The first-order valence-corrected chi connectivity index (χ1v) is 4.82. The lowest BCUT2D eigenvalue weighted by Gasteiger charge is -2.19. The molecule has 1 aromatic carbocycles. The molecule has 0 fully saturated rings. The standard InChI is InChI=1S/C11H16N2O3/c1-13(11(14)7-12)9-6-8(15-2)4-5-10(9)16-3/h4-6H,7,12H2,1-3H3. The summed E-state index contributed by atoms with van der Waals surface area (Å²) in [6.07, 6.45) is 0. The Kier molecular flexibility index (Phi) is 4.13. The van der Waals surface area contributed by atoms with Crippen LogP contribution in [0, 0.1) is 0 Å². The van der Waals surface area contributed by atoms with E-state index in [-0.39, 0.29) is 12.5 Å². The Morgan fingerprint density at radius 1 is 1.38 bits per heavy atom. The normalized spacial score (nSPS) is 9.75. The van der Waals surface area contributed by atoms with Crippen molar-refractivity contribution in [3.8, 4) is 11.5 Å². The Morgan fingerprint density at radius 3 is 2.56 bits per heavy atom. The van der Waals surface area contributed by atoms with Crippen molar-refractivity contribution < 1.29 is 14.3 Å². The summed E-state index contributed by atoms with van der Waals surface area (Å²) in [5, 5.41) is 0. The summed E-state index contributed by atoms with van der Waals surface area (Å²) in [6.45, 7) is -0.0448. The minimum Gasteiger partial charge on any atom is -0.497 e. The summed E-state index contributed by atoms with van der Waals surface area (Å²) in [4.78, 5) is 12.9. The molecular weight excluding hydrogens is 208 g/mol. The van der Waals surface area contributed by atoms with E-state index < -0.39 is 0 Å². The predicted molar refractivity (Wildman–Crippen MR) is 62.0 cm³/mol. The number of hydrogen-bond donors (Lipinski definition) is 1. The van der Waals surface area contributed by atoms with E-state index in [0.29, 0.717) is 17.2 Å². The molecule has 0 aliphatic heterocycles. The molecule has 0 saturated carbocycles. The molecule has 16 heavy (non-hydrogen) atoms. The van der Waals surface area contributed by atoms with Crippen molar-refractivity contribution >= 4 is 11.6 Å². The van der Waals surface area contributed by atoms with Gasteiger partial charge in [-0.25, -0.2) is 0 Å². The van der Waals surface area contributed by atoms with Crippen LogP contribution in [-0.4, -0.2) is 33.7 Å². The smallest absolute Gasteiger partial charge is 0.240 e. The van der Waals surface area contributed by atoms with E-state index in [1.807, 2.05) is 0 Å². The van der Waals surface area contributed by atoms with Crippen molar-refractivity contribution in [1.82, 2.24) is 0 Å². The van der Waals surface area contributed by atoms with E-state index >= 15 is 0 Å². The van der Waals surface area contributed by atoms with Crippen LogP contribution in [0.5, 0.6) is 11.5 Å². The van der Waals surface area contributed by atoms with Gasteiger partial charge in [-0.05, 0) is 12.1 Å². The maximum atomic E-state index is 11.5. The van der Waals surface area contributed by atoms with Gasteiger partial charge in [0.15, 0.2) is 0 Å². The fraction of sp³-hybridized carbons (Fsp3) is 0.364. The third kappa shape index (κ3) is 2.43. The second kappa shape index (κ2) is 5.37. The lowest BCUT2D eigenvalue weighted by atomic mass is 10.2. The van der Waals surface area contributed by atoms with Crippen LogP contribution >= 0.6 is 0 Å². The minimum absolute atomic E-state index is 0.0448. The van der Waals surface area contributed by atoms with Gasteiger partial charge in [0.05, 0.1) is 26.5 Å². The van der Waals surface area contributed by atoms with Crippen LogP contribution in [0.2, 0.25) is 0 Å². The van der Waals surface area contributed by atoms with Gasteiger partial charge >= 0.3 is 0 Å². The van der Waals surface area contributed by atoms with Crippen molar-refractivity contribution in [3.63, 3.8) is 0 Å². The Labute approximate surface area is 94.7 Å².